The van der Waals surface area contributed by atoms with Gasteiger partial charge in [0.05, 0.1) is 13.2 Å². The minimum absolute atomic E-state index is 0.0130. The van der Waals surface area contributed by atoms with Crippen molar-refractivity contribution >= 4 is 17.9 Å². The average Bonchev–Trinajstić information content (AvgIpc) is 3.46. The Labute approximate surface area is 207 Å². The van der Waals surface area contributed by atoms with Gasteiger partial charge in [-0.15, -0.1) is 10.2 Å². The Balaban J connectivity index is 1.31. The van der Waals surface area contributed by atoms with E-state index < -0.39 is 17.4 Å². The number of nitrogens with zero attached hydrogens (tertiary/aromatic N) is 5. The van der Waals surface area contributed by atoms with Gasteiger partial charge in [-0.25, -0.2) is 4.79 Å². The molecule has 1 aromatic rings. The second kappa shape index (κ2) is 10.6. The fourth-order valence-corrected chi connectivity index (χ4v) is 5.59. The first-order chi connectivity index (χ1) is 17.1. The summed E-state index contributed by atoms with van der Waals surface area (Å²) in [5.74, 6) is -1.20. The molecule has 0 radical (unpaired) electrons. The van der Waals surface area contributed by atoms with Crippen molar-refractivity contribution in [1.29, 1.82) is 0 Å². The Kier molecular flexibility index (Phi) is 7.74. The largest absolute Gasteiger partial charge is 0.451 e. The molecule has 2 fully saturated rings. The van der Waals surface area contributed by atoms with Crippen LogP contribution in [0, 0.1) is 5.41 Å². The van der Waals surface area contributed by atoms with Crippen LogP contribution in [-0.2, 0) is 33.6 Å². The molecule has 3 heterocycles. The Morgan fingerprint density at radius 1 is 1.03 bits per heavy atom. The molecule has 4 rings (SSSR count). The number of hydrogen-bond acceptors (Lipinski definition) is 6. The van der Waals surface area contributed by atoms with Gasteiger partial charge >= 0.3 is 12.3 Å². The summed E-state index contributed by atoms with van der Waals surface area (Å²) in [7, 11) is 0. The van der Waals surface area contributed by atoms with E-state index in [-0.39, 0.29) is 62.2 Å². The van der Waals surface area contributed by atoms with Gasteiger partial charge in [-0.2, -0.15) is 13.2 Å². The molecule has 0 atom stereocenters. The first-order valence-corrected chi connectivity index (χ1v) is 12.6. The summed E-state index contributed by atoms with van der Waals surface area (Å²) < 4.78 is 45.3. The molecule has 200 valence electrons. The summed E-state index contributed by atoms with van der Waals surface area (Å²) in [6.45, 7) is 3.22. The molecule has 1 saturated heterocycles. The summed E-state index contributed by atoms with van der Waals surface area (Å²) in [5.41, 5.74) is -0.449. The van der Waals surface area contributed by atoms with Gasteiger partial charge in [-0.1, -0.05) is 12.8 Å². The van der Waals surface area contributed by atoms with E-state index in [2.05, 4.69) is 15.5 Å². The maximum absolute atomic E-state index is 13.2. The first kappa shape index (κ1) is 26.2. The fraction of sp³-hybridized carbons (Fsp3) is 0.783. The van der Waals surface area contributed by atoms with Crippen molar-refractivity contribution in [3.63, 3.8) is 0 Å². The lowest BCUT2D eigenvalue weighted by atomic mass is 9.78. The van der Waals surface area contributed by atoms with Crippen LogP contribution in [-0.4, -0.2) is 74.8 Å². The van der Waals surface area contributed by atoms with Crippen molar-refractivity contribution in [3.05, 3.63) is 11.6 Å². The van der Waals surface area contributed by atoms with Crippen molar-refractivity contribution in [2.24, 2.45) is 5.41 Å². The number of aromatic nitrogens is 3. The van der Waals surface area contributed by atoms with Crippen molar-refractivity contribution in [2.45, 2.75) is 83.6 Å². The van der Waals surface area contributed by atoms with E-state index in [0.29, 0.717) is 32.5 Å². The molecular weight excluding hydrogens is 481 g/mol. The summed E-state index contributed by atoms with van der Waals surface area (Å²) >= 11 is 0. The van der Waals surface area contributed by atoms with Crippen LogP contribution in [0.2, 0.25) is 0 Å². The van der Waals surface area contributed by atoms with Gasteiger partial charge in [0.1, 0.15) is 0 Å². The van der Waals surface area contributed by atoms with Crippen LogP contribution in [0.5, 0.6) is 0 Å². The zero-order valence-corrected chi connectivity index (χ0v) is 20.5. The van der Waals surface area contributed by atoms with Crippen LogP contribution in [0.3, 0.4) is 0 Å². The summed E-state index contributed by atoms with van der Waals surface area (Å²) in [5, 5.41) is 9.99. The highest BCUT2D eigenvalue weighted by Crippen LogP contribution is 2.44. The molecule has 0 unspecified atom stereocenters. The molecule has 1 aliphatic carbocycles. The zero-order valence-electron chi connectivity index (χ0n) is 20.5. The number of likely N-dealkylation sites (tertiary alicyclic amines) is 1. The zero-order chi connectivity index (χ0) is 25.9. The Bertz CT molecular complexity index is 968. The smallest absolute Gasteiger partial charge is 0.450 e. The van der Waals surface area contributed by atoms with Crippen molar-refractivity contribution in [1.82, 2.24) is 29.9 Å². The standard InChI is InChI=1S/C23H33F3N6O4/c1-2-36-21(35)30-9-5-16(6-10-30)27-18(33)13-22(7-3-4-8-22)14-19(34)31-11-12-32-17(15-31)28-29-20(32)23(24,25)26/h16H,2-15H2,1H3,(H,27,33). The molecule has 1 aromatic heterocycles. The van der Waals surface area contributed by atoms with Crippen LogP contribution in [0.4, 0.5) is 18.0 Å². The van der Waals surface area contributed by atoms with E-state index in [0.717, 1.165) is 30.3 Å². The van der Waals surface area contributed by atoms with E-state index in [9.17, 15) is 27.6 Å². The van der Waals surface area contributed by atoms with Gasteiger partial charge < -0.3 is 24.4 Å². The molecule has 36 heavy (non-hydrogen) atoms. The van der Waals surface area contributed by atoms with Crippen LogP contribution >= 0.6 is 0 Å². The number of carbonyl (C=O) groups excluding carboxylic acids is 3. The van der Waals surface area contributed by atoms with Crippen LogP contribution in [0.15, 0.2) is 0 Å². The highest BCUT2D eigenvalue weighted by molar-refractivity contribution is 5.81. The lowest BCUT2D eigenvalue weighted by Gasteiger charge is -2.35. The number of rotatable bonds is 6. The maximum atomic E-state index is 13.2. The van der Waals surface area contributed by atoms with Gasteiger partial charge in [-0.3, -0.25) is 9.59 Å². The summed E-state index contributed by atoms with van der Waals surface area (Å²) in [4.78, 5) is 41.1. The average molecular weight is 515 g/mol. The molecule has 10 nitrogen and oxygen atoms in total. The molecule has 0 aromatic carbocycles. The highest BCUT2D eigenvalue weighted by atomic mass is 19.4. The van der Waals surface area contributed by atoms with Crippen molar-refractivity contribution < 1.29 is 32.3 Å². The lowest BCUT2D eigenvalue weighted by Crippen LogP contribution is -2.47. The molecule has 3 aliphatic rings. The number of carbonyl (C=O) groups is 3. The second-order valence-electron chi connectivity index (χ2n) is 9.99. The summed E-state index contributed by atoms with van der Waals surface area (Å²) in [6, 6.07) is -0.0337. The van der Waals surface area contributed by atoms with E-state index in [1.54, 1.807) is 11.8 Å². The van der Waals surface area contributed by atoms with E-state index in [1.165, 1.54) is 4.90 Å². The lowest BCUT2D eigenvalue weighted by molar-refractivity contribution is -0.148. The number of amides is 3. The second-order valence-corrected chi connectivity index (χ2v) is 9.99. The molecule has 2 aliphatic heterocycles. The molecular formula is C23H33F3N6O4. The topological polar surface area (TPSA) is 110 Å². The Hall–Kier alpha value is -2.86. The SMILES string of the molecule is CCOC(=O)N1CCC(NC(=O)CC2(CC(=O)N3CCn4c(nnc4C(F)(F)F)C3)CCCC2)CC1. The Morgan fingerprint density at radius 2 is 1.72 bits per heavy atom. The Morgan fingerprint density at radius 3 is 2.36 bits per heavy atom. The molecule has 0 bridgehead atoms. The number of fused-ring (bicyclic) bond motifs is 1. The number of hydrogen-bond donors (Lipinski definition) is 1. The monoisotopic (exact) mass is 514 g/mol. The quantitative estimate of drug-likeness (QED) is 0.625. The number of nitrogens with one attached hydrogen (secondary N) is 1. The number of alkyl halides is 3. The van der Waals surface area contributed by atoms with E-state index >= 15 is 0 Å². The highest BCUT2D eigenvalue weighted by Gasteiger charge is 2.42. The minimum atomic E-state index is -4.59. The predicted octanol–water partition coefficient (Wildman–Crippen LogP) is 2.72. The van der Waals surface area contributed by atoms with Gasteiger partial charge in [0.2, 0.25) is 17.6 Å². The number of ether oxygens (including phenoxy) is 1. The molecule has 1 N–H and O–H groups in total. The molecule has 3 amide bonds. The van der Waals surface area contributed by atoms with Crippen LogP contribution in [0.1, 0.15) is 69.9 Å². The van der Waals surface area contributed by atoms with Gasteiger partial charge in [0.15, 0.2) is 5.82 Å². The molecule has 0 spiro atoms. The van der Waals surface area contributed by atoms with Crippen molar-refractivity contribution in [2.75, 3.05) is 26.2 Å². The first-order valence-electron chi connectivity index (χ1n) is 12.6. The van der Waals surface area contributed by atoms with Gasteiger partial charge in [0, 0.05) is 45.1 Å². The van der Waals surface area contributed by atoms with Gasteiger partial charge in [0.25, 0.3) is 0 Å². The van der Waals surface area contributed by atoms with E-state index in [1.807, 2.05) is 0 Å². The fourth-order valence-electron chi connectivity index (χ4n) is 5.59. The predicted molar refractivity (Wildman–Crippen MR) is 120 cm³/mol. The normalized spacial score (nSPS) is 20.2. The van der Waals surface area contributed by atoms with Gasteiger partial charge in [-0.05, 0) is 38.0 Å². The van der Waals surface area contributed by atoms with Crippen LogP contribution in [0.25, 0.3) is 0 Å². The summed E-state index contributed by atoms with van der Waals surface area (Å²) in [6.07, 6.45) is 0.163. The van der Waals surface area contributed by atoms with Crippen molar-refractivity contribution in [3.8, 4) is 0 Å². The third-order valence-electron chi connectivity index (χ3n) is 7.47. The minimum Gasteiger partial charge on any atom is -0.450 e. The molecule has 13 heteroatoms. The number of piperidine rings is 1. The molecule has 1 saturated carbocycles. The third kappa shape index (κ3) is 5.92. The van der Waals surface area contributed by atoms with Crippen LogP contribution < -0.4 is 5.32 Å². The number of halogens is 3. The van der Waals surface area contributed by atoms with E-state index in [4.69, 9.17) is 4.74 Å². The maximum Gasteiger partial charge on any atom is 0.451 e. The third-order valence-corrected chi connectivity index (χ3v) is 7.47.